The van der Waals surface area contributed by atoms with Crippen LogP contribution in [0.3, 0.4) is 0 Å². The van der Waals surface area contributed by atoms with Crippen LogP contribution < -0.4 is 9.47 Å². The molecular formula is C12H8F4O4. The molecular weight excluding hydrogens is 284 g/mol. The monoisotopic (exact) mass is 292 g/mol. The summed E-state index contributed by atoms with van der Waals surface area (Å²) in [5.41, 5.74) is -3.37. The lowest BCUT2D eigenvalue weighted by Gasteiger charge is -2.51. The molecule has 0 amide bonds. The number of carboxylic acids is 1. The minimum atomic E-state index is -4.67. The summed E-state index contributed by atoms with van der Waals surface area (Å²) in [6.07, 6.45) is -1.46. The minimum Gasteiger partial charge on any atom is -0.480 e. The third-order valence-corrected chi connectivity index (χ3v) is 3.71. The SMILES string of the molecule is O=C(O)[C@]1(c2ccc3c(c2)OCO3)CC(F)(F)C1(F)F. The molecule has 20 heavy (non-hydrogen) atoms. The maximum absolute atomic E-state index is 13.7. The Balaban J connectivity index is 2.12. The van der Waals surface area contributed by atoms with Gasteiger partial charge in [-0.3, -0.25) is 4.79 Å². The van der Waals surface area contributed by atoms with Crippen molar-refractivity contribution in [3.05, 3.63) is 23.8 Å². The molecule has 1 atom stereocenters. The molecule has 1 fully saturated rings. The molecule has 0 saturated heterocycles. The topological polar surface area (TPSA) is 55.8 Å². The average Bonchev–Trinajstić information content (AvgIpc) is 2.82. The van der Waals surface area contributed by atoms with Gasteiger partial charge in [0.1, 0.15) is 0 Å². The van der Waals surface area contributed by atoms with Crippen molar-refractivity contribution in [2.45, 2.75) is 23.7 Å². The molecule has 0 bridgehead atoms. The number of hydrogen-bond donors (Lipinski definition) is 1. The van der Waals surface area contributed by atoms with Gasteiger partial charge in [0.15, 0.2) is 16.9 Å². The van der Waals surface area contributed by atoms with Crippen LogP contribution in [0.4, 0.5) is 17.6 Å². The van der Waals surface area contributed by atoms with Crippen molar-refractivity contribution in [3.63, 3.8) is 0 Å². The quantitative estimate of drug-likeness (QED) is 0.850. The Morgan fingerprint density at radius 2 is 1.80 bits per heavy atom. The van der Waals surface area contributed by atoms with Gasteiger partial charge >= 0.3 is 17.8 Å². The largest absolute Gasteiger partial charge is 0.480 e. The third-order valence-electron chi connectivity index (χ3n) is 3.71. The number of fused-ring (bicyclic) bond motifs is 1. The number of benzene rings is 1. The third kappa shape index (κ3) is 1.28. The van der Waals surface area contributed by atoms with E-state index in [1.54, 1.807) is 0 Å². The first-order valence-corrected chi connectivity index (χ1v) is 5.61. The molecule has 1 aromatic carbocycles. The van der Waals surface area contributed by atoms with Gasteiger partial charge < -0.3 is 14.6 Å². The molecule has 4 nitrogen and oxygen atoms in total. The molecule has 3 rings (SSSR count). The maximum Gasteiger partial charge on any atom is 0.330 e. The number of carboxylic acid groups (broad SMARTS) is 1. The summed E-state index contributed by atoms with van der Waals surface area (Å²) in [7, 11) is 0. The molecule has 8 heteroatoms. The van der Waals surface area contributed by atoms with Gasteiger partial charge in [0.2, 0.25) is 6.79 Å². The summed E-state index contributed by atoms with van der Waals surface area (Å²) in [5.74, 6) is -10.7. The highest BCUT2D eigenvalue weighted by Gasteiger charge is 2.84. The average molecular weight is 292 g/mol. The lowest BCUT2D eigenvalue weighted by atomic mass is 9.58. The van der Waals surface area contributed by atoms with Crippen molar-refractivity contribution in [2.75, 3.05) is 6.79 Å². The fourth-order valence-electron chi connectivity index (χ4n) is 2.54. The Morgan fingerprint density at radius 3 is 2.35 bits per heavy atom. The highest BCUT2D eigenvalue weighted by atomic mass is 19.3. The van der Waals surface area contributed by atoms with Crippen LogP contribution in [0, 0.1) is 0 Å². The summed E-state index contributed by atoms with van der Waals surface area (Å²) in [4.78, 5) is 11.2. The van der Waals surface area contributed by atoms with E-state index in [4.69, 9.17) is 14.6 Å². The summed E-state index contributed by atoms with van der Waals surface area (Å²) >= 11 is 0. The minimum absolute atomic E-state index is 0.0640. The van der Waals surface area contributed by atoms with Crippen LogP contribution >= 0.6 is 0 Å². The van der Waals surface area contributed by atoms with Crippen LogP contribution in [0.25, 0.3) is 0 Å². The van der Waals surface area contributed by atoms with Gasteiger partial charge in [-0.15, -0.1) is 0 Å². The van der Waals surface area contributed by atoms with E-state index in [1.807, 2.05) is 0 Å². The molecule has 0 unspecified atom stereocenters. The van der Waals surface area contributed by atoms with Crippen molar-refractivity contribution >= 4 is 5.97 Å². The van der Waals surface area contributed by atoms with Crippen LogP contribution in [0.15, 0.2) is 18.2 Å². The highest BCUT2D eigenvalue weighted by molar-refractivity contribution is 5.86. The zero-order valence-electron chi connectivity index (χ0n) is 9.83. The second-order valence-electron chi connectivity index (χ2n) is 4.73. The zero-order valence-corrected chi connectivity index (χ0v) is 9.83. The van der Waals surface area contributed by atoms with Gasteiger partial charge in [0.05, 0.1) is 0 Å². The van der Waals surface area contributed by atoms with Gasteiger partial charge in [-0.05, 0) is 17.7 Å². The molecule has 108 valence electrons. The fourth-order valence-corrected chi connectivity index (χ4v) is 2.54. The Kier molecular flexibility index (Phi) is 2.31. The highest BCUT2D eigenvalue weighted by Crippen LogP contribution is 2.64. The standard InChI is InChI=1S/C12H8F4O4/c13-11(14)4-10(9(17)18,12(11,15)16)6-1-2-7-8(3-6)20-5-19-7/h1-3H,4-5H2,(H,17,18)/t10-/m1/s1. The van der Waals surface area contributed by atoms with Crippen LogP contribution in [0.1, 0.15) is 12.0 Å². The zero-order chi connectivity index (χ0) is 14.8. The van der Waals surface area contributed by atoms with Crippen molar-refractivity contribution in [3.8, 4) is 11.5 Å². The van der Waals surface area contributed by atoms with Crippen molar-refractivity contribution in [2.24, 2.45) is 0 Å². The Hall–Kier alpha value is -1.99. The molecule has 1 aliphatic carbocycles. The summed E-state index contributed by atoms with van der Waals surface area (Å²) < 4.78 is 63.5. The summed E-state index contributed by atoms with van der Waals surface area (Å²) in [6, 6.07) is 3.29. The van der Waals surface area contributed by atoms with Gasteiger partial charge in [0.25, 0.3) is 0 Å². The van der Waals surface area contributed by atoms with E-state index < -0.39 is 35.2 Å². The number of aliphatic carboxylic acids is 1. The van der Waals surface area contributed by atoms with E-state index in [0.29, 0.717) is 0 Å². The van der Waals surface area contributed by atoms with Crippen LogP contribution in [0.2, 0.25) is 0 Å². The van der Waals surface area contributed by atoms with Crippen LogP contribution in [-0.2, 0) is 10.2 Å². The molecule has 1 aromatic rings. The number of carbonyl (C=O) groups is 1. The number of hydrogen-bond acceptors (Lipinski definition) is 3. The van der Waals surface area contributed by atoms with Gasteiger partial charge in [-0.25, -0.2) is 0 Å². The first kappa shape index (κ1) is 13.0. The van der Waals surface area contributed by atoms with Gasteiger partial charge in [0, 0.05) is 6.42 Å². The Labute approximate surface area is 109 Å². The number of ether oxygens (including phenoxy) is 2. The predicted molar refractivity (Wildman–Crippen MR) is 56.4 cm³/mol. The number of alkyl halides is 4. The molecule has 1 N–H and O–H groups in total. The molecule has 1 saturated carbocycles. The van der Waals surface area contributed by atoms with E-state index >= 15 is 0 Å². The molecule has 0 spiro atoms. The van der Waals surface area contributed by atoms with Gasteiger partial charge in [-0.2, -0.15) is 17.6 Å². The van der Waals surface area contributed by atoms with Crippen molar-refractivity contribution in [1.82, 2.24) is 0 Å². The second-order valence-corrected chi connectivity index (χ2v) is 4.73. The van der Waals surface area contributed by atoms with E-state index in [-0.39, 0.29) is 18.3 Å². The van der Waals surface area contributed by atoms with E-state index in [9.17, 15) is 22.4 Å². The molecule has 2 aliphatic rings. The fraction of sp³-hybridized carbons (Fsp3) is 0.417. The van der Waals surface area contributed by atoms with Crippen molar-refractivity contribution in [1.29, 1.82) is 0 Å². The molecule has 0 aromatic heterocycles. The smallest absolute Gasteiger partial charge is 0.330 e. The van der Waals surface area contributed by atoms with E-state index in [1.165, 1.54) is 6.07 Å². The second kappa shape index (κ2) is 3.56. The Morgan fingerprint density at radius 1 is 1.15 bits per heavy atom. The first-order valence-electron chi connectivity index (χ1n) is 5.61. The van der Waals surface area contributed by atoms with Crippen LogP contribution in [-0.4, -0.2) is 29.7 Å². The molecule has 1 heterocycles. The van der Waals surface area contributed by atoms with E-state index in [2.05, 4.69) is 0 Å². The lowest BCUT2D eigenvalue weighted by molar-refractivity contribution is -0.322. The van der Waals surface area contributed by atoms with Gasteiger partial charge in [-0.1, -0.05) is 6.07 Å². The maximum atomic E-state index is 13.7. The lowest BCUT2D eigenvalue weighted by Crippen LogP contribution is -2.72. The summed E-state index contributed by atoms with van der Waals surface area (Å²) in [5, 5.41) is 9.07. The van der Waals surface area contributed by atoms with E-state index in [0.717, 1.165) is 12.1 Å². The Bertz CT molecular complexity index is 601. The van der Waals surface area contributed by atoms with Crippen molar-refractivity contribution < 1.29 is 36.9 Å². The first-order chi connectivity index (χ1) is 9.22. The number of rotatable bonds is 2. The van der Waals surface area contributed by atoms with Crippen LogP contribution in [0.5, 0.6) is 11.5 Å². The normalized spacial score (nSPS) is 28.8. The number of halogens is 4. The summed E-state index contributed by atoms with van der Waals surface area (Å²) in [6.45, 7) is -0.134. The molecule has 1 aliphatic heterocycles. The molecule has 0 radical (unpaired) electrons. The predicted octanol–water partition coefficient (Wildman–Crippen LogP) is 2.41.